The molecule has 2 N–H and O–H groups in total. The summed E-state index contributed by atoms with van der Waals surface area (Å²) in [6.07, 6.45) is 1.05. The molecular weight excluding hydrogens is 198 g/mol. The third-order valence-electron chi connectivity index (χ3n) is 2.73. The fourth-order valence-corrected chi connectivity index (χ4v) is 1.85. The summed E-state index contributed by atoms with van der Waals surface area (Å²) < 4.78 is 0. The zero-order valence-electron chi connectivity index (χ0n) is 9.53. The number of nitrogens with one attached hydrogen (secondary N) is 1. The topological polar surface area (TPSA) is 32.3 Å². The quantitative estimate of drug-likeness (QED) is 0.769. The van der Waals surface area contributed by atoms with E-state index in [0.29, 0.717) is 5.75 Å². The molecule has 0 unspecified atom stereocenters. The third kappa shape index (κ3) is 2.52. The summed E-state index contributed by atoms with van der Waals surface area (Å²) in [5.41, 5.74) is 1.33. The normalized spacial score (nSPS) is 10.8. The number of benzene rings is 2. The van der Waals surface area contributed by atoms with E-state index in [9.17, 15) is 5.11 Å². The number of aromatic hydroxyl groups is 1. The van der Waals surface area contributed by atoms with Gasteiger partial charge in [0.2, 0.25) is 0 Å². The molecule has 0 aromatic heterocycles. The largest absolute Gasteiger partial charge is 0.508 e. The zero-order chi connectivity index (χ0) is 11.4. The minimum Gasteiger partial charge on any atom is -0.508 e. The second-order valence-electron chi connectivity index (χ2n) is 3.97. The van der Waals surface area contributed by atoms with Crippen molar-refractivity contribution in [3.05, 3.63) is 42.0 Å². The fraction of sp³-hybridized carbons (Fsp3) is 0.286. The Hall–Kier alpha value is -1.54. The van der Waals surface area contributed by atoms with Crippen molar-refractivity contribution in [1.82, 2.24) is 5.32 Å². The van der Waals surface area contributed by atoms with Gasteiger partial charge in [0.15, 0.2) is 0 Å². The van der Waals surface area contributed by atoms with Crippen molar-refractivity contribution in [2.24, 2.45) is 0 Å². The Bertz CT molecular complexity index is 479. The summed E-state index contributed by atoms with van der Waals surface area (Å²) in [5, 5.41) is 15.0. The van der Waals surface area contributed by atoms with Gasteiger partial charge >= 0.3 is 0 Å². The summed E-state index contributed by atoms with van der Waals surface area (Å²) >= 11 is 0. The monoisotopic (exact) mass is 215 g/mol. The molecule has 84 valence electrons. The van der Waals surface area contributed by atoms with Crippen molar-refractivity contribution in [2.45, 2.75) is 13.3 Å². The molecule has 0 aliphatic rings. The Morgan fingerprint density at radius 2 is 1.81 bits per heavy atom. The van der Waals surface area contributed by atoms with Crippen molar-refractivity contribution in [3.8, 4) is 5.75 Å². The molecule has 0 aliphatic carbocycles. The molecule has 0 radical (unpaired) electrons. The average molecular weight is 215 g/mol. The Balaban J connectivity index is 2.20. The molecule has 0 amide bonds. The smallest absolute Gasteiger partial charge is 0.116 e. The highest BCUT2D eigenvalue weighted by Gasteiger charge is 1.97. The fourth-order valence-electron chi connectivity index (χ4n) is 1.85. The van der Waals surface area contributed by atoms with E-state index in [1.165, 1.54) is 10.9 Å². The van der Waals surface area contributed by atoms with Crippen molar-refractivity contribution >= 4 is 10.8 Å². The molecular formula is C14H17NO. The summed E-state index contributed by atoms with van der Waals surface area (Å²) in [4.78, 5) is 0. The molecule has 0 bridgehead atoms. The zero-order valence-corrected chi connectivity index (χ0v) is 9.53. The lowest BCUT2D eigenvalue weighted by molar-refractivity contribution is 0.476. The van der Waals surface area contributed by atoms with Crippen LogP contribution in [0.4, 0.5) is 0 Å². The van der Waals surface area contributed by atoms with Crippen LogP contribution in [0.2, 0.25) is 0 Å². The van der Waals surface area contributed by atoms with E-state index < -0.39 is 0 Å². The number of phenolic OH excluding ortho intramolecular Hbond substituents is 1. The first-order valence-electron chi connectivity index (χ1n) is 5.72. The van der Waals surface area contributed by atoms with Crippen LogP contribution >= 0.6 is 0 Å². The number of hydrogen-bond acceptors (Lipinski definition) is 2. The highest BCUT2D eigenvalue weighted by Crippen LogP contribution is 2.21. The maximum Gasteiger partial charge on any atom is 0.116 e. The predicted molar refractivity (Wildman–Crippen MR) is 67.9 cm³/mol. The van der Waals surface area contributed by atoms with Gasteiger partial charge < -0.3 is 10.4 Å². The average Bonchev–Trinajstić information content (AvgIpc) is 2.29. The number of hydrogen-bond donors (Lipinski definition) is 2. The molecule has 0 saturated carbocycles. The summed E-state index contributed by atoms with van der Waals surface area (Å²) in [6.45, 7) is 4.14. The van der Waals surface area contributed by atoms with Gasteiger partial charge in [-0.05, 0) is 48.0 Å². The molecule has 0 fully saturated rings. The van der Waals surface area contributed by atoms with Crippen LogP contribution in [0.1, 0.15) is 12.5 Å². The van der Waals surface area contributed by atoms with Crippen LogP contribution in [0.25, 0.3) is 10.8 Å². The maximum atomic E-state index is 9.36. The Morgan fingerprint density at radius 3 is 2.62 bits per heavy atom. The number of likely N-dealkylation sites (N-methyl/N-ethyl adjacent to an activating group) is 1. The van der Waals surface area contributed by atoms with Crippen LogP contribution in [0.5, 0.6) is 5.75 Å². The highest BCUT2D eigenvalue weighted by atomic mass is 16.3. The molecule has 0 saturated heterocycles. The third-order valence-corrected chi connectivity index (χ3v) is 2.73. The standard InChI is InChI=1S/C14H17NO/c1-2-15-8-7-11-3-4-13-10-14(16)6-5-12(13)9-11/h3-6,9-10,15-16H,2,7-8H2,1H3. The Labute approximate surface area is 95.9 Å². The summed E-state index contributed by atoms with van der Waals surface area (Å²) in [7, 11) is 0. The summed E-state index contributed by atoms with van der Waals surface area (Å²) in [6, 6.07) is 11.9. The first-order chi connectivity index (χ1) is 7.79. The van der Waals surface area contributed by atoms with Gasteiger partial charge in [-0.2, -0.15) is 0 Å². The second kappa shape index (κ2) is 4.99. The van der Waals surface area contributed by atoms with E-state index in [4.69, 9.17) is 0 Å². The summed E-state index contributed by atoms with van der Waals surface area (Å²) in [5.74, 6) is 0.327. The van der Waals surface area contributed by atoms with E-state index in [1.54, 1.807) is 12.1 Å². The Kier molecular flexibility index (Phi) is 3.42. The molecule has 2 nitrogen and oxygen atoms in total. The van der Waals surface area contributed by atoms with Crippen molar-refractivity contribution < 1.29 is 5.11 Å². The van der Waals surface area contributed by atoms with E-state index in [0.717, 1.165) is 24.9 Å². The maximum absolute atomic E-state index is 9.36. The molecule has 2 aromatic carbocycles. The van der Waals surface area contributed by atoms with Gasteiger partial charge in [0.05, 0.1) is 0 Å². The second-order valence-corrected chi connectivity index (χ2v) is 3.97. The van der Waals surface area contributed by atoms with Crippen LogP contribution in [-0.2, 0) is 6.42 Å². The van der Waals surface area contributed by atoms with E-state index in [2.05, 4.69) is 30.4 Å². The molecule has 16 heavy (non-hydrogen) atoms. The van der Waals surface area contributed by atoms with Crippen LogP contribution < -0.4 is 5.32 Å². The minimum absolute atomic E-state index is 0.327. The molecule has 2 aromatic rings. The van der Waals surface area contributed by atoms with Crippen molar-refractivity contribution in [1.29, 1.82) is 0 Å². The molecule has 2 heteroatoms. The number of fused-ring (bicyclic) bond motifs is 1. The molecule has 0 aliphatic heterocycles. The van der Waals surface area contributed by atoms with Crippen LogP contribution in [0.15, 0.2) is 36.4 Å². The molecule has 2 rings (SSSR count). The molecule has 0 heterocycles. The number of rotatable bonds is 4. The lowest BCUT2D eigenvalue weighted by Gasteiger charge is -2.04. The lowest BCUT2D eigenvalue weighted by atomic mass is 10.0. The van der Waals surface area contributed by atoms with Crippen LogP contribution in [0, 0.1) is 0 Å². The van der Waals surface area contributed by atoms with Gasteiger partial charge in [-0.1, -0.05) is 31.2 Å². The SMILES string of the molecule is CCNCCc1ccc2cc(O)ccc2c1. The first kappa shape index (κ1) is 11.0. The predicted octanol–water partition coefficient (Wildman–Crippen LogP) is 2.70. The Morgan fingerprint density at radius 1 is 1.06 bits per heavy atom. The van der Waals surface area contributed by atoms with Gasteiger partial charge in [-0.3, -0.25) is 0 Å². The van der Waals surface area contributed by atoms with Gasteiger partial charge in [-0.15, -0.1) is 0 Å². The van der Waals surface area contributed by atoms with Crippen LogP contribution in [0.3, 0.4) is 0 Å². The van der Waals surface area contributed by atoms with Gasteiger partial charge in [0.1, 0.15) is 5.75 Å². The molecule has 0 atom stereocenters. The number of phenols is 1. The first-order valence-corrected chi connectivity index (χ1v) is 5.72. The molecule has 0 spiro atoms. The van der Waals surface area contributed by atoms with E-state index in [1.807, 2.05) is 6.07 Å². The highest BCUT2D eigenvalue weighted by molar-refractivity contribution is 5.84. The van der Waals surface area contributed by atoms with Crippen molar-refractivity contribution in [3.63, 3.8) is 0 Å². The minimum atomic E-state index is 0.327. The van der Waals surface area contributed by atoms with E-state index in [-0.39, 0.29) is 0 Å². The lowest BCUT2D eigenvalue weighted by Crippen LogP contribution is -2.15. The van der Waals surface area contributed by atoms with Gasteiger partial charge in [0.25, 0.3) is 0 Å². The van der Waals surface area contributed by atoms with Crippen molar-refractivity contribution in [2.75, 3.05) is 13.1 Å². The van der Waals surface area contributed by atoms with E-state index >= 15 is 0 Å². The van der Waals surface area contributed by atoms with Crippen LogP contribution in [-0.4, -0.2) is 18.2 Å². The van der Waals surface area contributed by atoms with Gasteiger partial charge in [-0.25, -0.2) is 0 Å². The van der Waals surface area contributed by atoms with Gasteiger partial charge in [0, 0.05) is 0 Å².